The van der Waals surface area contributed by atoms with Crippen LogP contribution in [-0.2, 0) is 11.2 Å². The molecule has 6 heteroatoms. The van der Waals surface area contributed by atoms with Crippen LogP contribution in [0.3, 0.4) is 0 Å². The van der Waals surface area contributed by atoms with Gasteiger partial charge < -0.3 is 20.4 Å². The smallest absolute Gasteiger partial charge is 0.248 e. The number of carbonyl (C=O) groups excluding carboxylic acids is 2. The molecule has 156 valence electrons. The summed E-state index contributed by atoms with van der Waals surface area (Å²) in [6, 6.07) is 9.30. The molecule has 1 fully saturated rings. The van der Waals surface area contributed by atoms with Crippen LogP contribution in [0.15, 0.2) is 41.0 Å². The number of rotatable bonds is 5. The van der Waals surface area contributed by atoms with Crippen molar-refractivity contribution in [1.82, 2.24) is 0 Å². The first-order valence-corrected chi connectivity index (χ1v) is 10.4. The van der Waals surface area contributed by atoms with Crippen molar-refractivity contribution in [3.8, 4) is 0 Å². The Labute approximate surface area is 176 Å². The van der Waals surface area contributed by atoms with Gasteiger partial charge in [-0.2, -0.15) is 0 Å². The Morgan fingerprint density at radius 3 is 2.60 bits per heavy atom. The van der Waals surface area contributed by atoms with Crippen molar-refractivity contribution in [2.45, 2.75) is 39.5 Å². The minimum atomic E-state index is -0.512. The van der Waals surface area contributed by atoms with Crippen molar-refractivity contribution in [2.24, 2.45) is 5.73 Å². The predicted octanol–water partition coefficient (Wildman–Crippen LogP) is 4.32. The molecule has 0 saturated carbocycles. The minimum Gasteiger partial charge on any atom is -0.464 e. The monoisotopic (exact) mass is 405 g/mol. The molecular weight excluding hydrogens is 378 g/mol. The van der Waals surface area contributed by atoms with Crippen LogP contribution in [0.5, 0.6) is 0 Å². The normalized spacial score (nSPS) is 14.1. The van der Waals surface area contributed by atoms with Crippen molar-refractivity contribution in [2.75, 3.05) is 23.3 Å². The van der Waals surface area contributed by atoms with E-state index in [1.807, 2.05) is 32.0 Å². The first kappa shape index (κ1) is 20.0. The van der Waals surface area contributed by atoms with E-state index in [4.69, 9.17) is 10.2 Å². The molecule has 4 rings (SSSR count). The van der Waals surface area contributed by atoms with E-state index in [1.54, 1.807) is 18.4 Å². The van der Waals surface area contributed by atoms with Gasteiger partial charge in [0.15, 0.2) is 0 Å². The molecule has 0 atom stereocenters. The number of nitrogens with zero attached hydrogens (tertiary/aromatic N) is 1. The summed E-state index contributed by atoms with van der Waals surface area (Å²) < 4.78 is 5.73. The Bertz CT molecular complexity index is 1110. The first-order valence-electron chi connectivity index (χ1n) is 10.4. The molecule has 0 radical (unpaired) electrons. The summed E-state index contributed by atoms with van der Waals surface area (Å²) in [5, 5.41) is 3.96. The number of hydrogen-bond acceptors (Lipinski definition) is 4. The van der Waals surface area contributed by atoms with E-state index < -0.39 is 5.91 Å². The fourth-order valence-electron chi connectivity index (χ4n) is 4.09. The molecule has 3 aromatic rings. The van der Waals surface area contributed by atoms with Crippen molar-refractivity contribution >= 4 is 34.2 Å². The number of nitrogens with two attached hydrogens (primary N) is 1. The predicted molar refractivity (Wildman–Crippen MR) is 119 cm³/mol. The highest BCUT2D eigenvalue weighted by atomic mass is 16.3. The summed E-state index contributed by atoms with van der Waals surface area (Å²) in [5.41, 5.74) is 11.3. The quantitative estimate of drug-likeness (QED) is 0.662. The van der Waals surface area contributed by atoms with Crippen LogP contribution in [0.1, 0.15) is 46.3 Å². The molecule has 1 aromatic heterocycles. The van der Waals surface area contributed by atoms with Gasteiger partial charge in [-0.3, -0.25) is 9.59 Å². The number of hydrogen-bond donors (Lipinski definition) is 2. The average molecular weight is 405 g/mol. The molecule has 30 heavy (non-hydrogen) atoms. The van der Waals surface area contributed by atoms with Crippen LogP contribution in [0.25, 0.3) is 11.0 Å². The Morgan fingerprint density at radius 2 is 1.87 bits per heavy atom. The van der Waals surface area contributed by atoms with Crippen LogP contribution in [-0.4, -0.2) is 24.9 Å². The Balaban J connectivity index is 1.60. The van der Waals surface area contributed by atoms with E-state index in [0.29, 0.717) is 11.3 Å². The molecule has 2 amide bonds. The number of carbonyl (C=O) groups is 2. The highest BCUT2D eigenvalue weighted by molar-refractivity contribution is 6.01. The summed E-state index contributed by atoms with van der Waals surface area (Å²) in [6.07, 6.45) is 5.29. The zero-order valence-corrected chi connectivity index (χ0v) is 17.5. The average Bonchev–Trinajstić information content (AvgIpc) is 3.14. The van der Waals surface area contributed by atoms with Gasteiger partial charge in [0.25, 0.3) is 0 Å². The van der Waals surface area contributed by atoms with E-state index in [2.05, 4.69) is 10.2 Å². The maximum absolute atomic E-state index is 12.9. The Morgan fingerprint density at radius 1 is 1.10 bits per heavy atom. The first-order chi connectivity index (χ1) is 14.4. The molecule has 1 aliphatic heterocycles. The fraction of sp³-hybridized carbons (Fsp3) is 0.333. The molecule has 0 aliphatic carbocycles. The zero-order valence-electron chi connectivity index (χ0n) is 17.5. The summed E-state index contributed by atoms with van der Waals surface area (Å²) in [7, 11) is 0. The third kappa shape index (κ3) is 3.90. The lowest BCUT2D eigenvalue weighted by atomic mass is 10.0. The van der Waals surface area contributed by atoms with Gasteiger partial charge in [0.05, 0.1) is 24.1 Å². The molecule has 3 N–H and O–H groups in total. The largest absolute Gasteiger partial charge is 0.464 e. The number of furan rings is 1. The summed E-state index contributed by atoms with van der Waals surface area (Å²) >= 11 is 0. The van der Waals surface area contributed by atoms with Crippen LogP contribution in [0.4, 0.5) is 11.4 Å². The van der Waals surface area contributed by atoms with E-state index in [-0.39, 0.29) is 12.3 Å². The van der Waals surface area contributed by atoms with Crippen molar-refractivity contribution in [3.05, 3.63) is 58.8 Å². The van der Waals surface area contributed by atoms with Gasteiger partial charge in [-0.15, -0.1) is 0 Å². The van der Waals surface area contributed by atoms with E-state index in [9.17, 15) is 9.59 Å². The Hall–Kier alpha value is -3.28. The molecule has 2 heterocycles. The van der Waals surface area contributed by atoms with Crippen LogP contribution < -0.4 is 16.0 Å². The van der Waals surface area contributed by atoms with Crippen LogP contribution in [0, 0.1) is 13.8 Å². The lowest BCUT2D eigenvalue weighted by Crippen LogP contribution is -2.30. The lowest BCUT2D eigenvalue weighted by molar-refractivity contribution is -0.115. The topological polar surface area (TPSA) is 88.6 Å². The van der Waals surface area contributed by atoms with Gasteiger partial charge in [0.2, 0.25) is 11.8 Å². The number of piperidine rings is 1. The van der Waals surface area contributed by atoms with Crippen LogP contribution in [0.2, 0.25) is 0 Å². The third-order valence-electron chi connectivity index (χ3n) is 5.94. The highest BCUT2D eigenvalue weighted by Crippen LogP contribution is 2.31. The molecule has 1 saturated heterocycles. The van der Waals surface area contributed by atoms with Gasteiger partial charge in [0, 0.05) is 29.6 Å². The second-order valence-electron chi connectivity index (χ2n) is 8.01. The zero-order chi connectivity index (χ0) is 21.3. The third-order valence-corrected chi connectivity index (χ3v) is 5.94. The molecule has 0 spiro atoms. The molecule has 1 aliphatic rings. The fourth-order valence-corrected chi connectivity index (χ4v) is 4.09. The second kappa shape index (κ2) is 8.22. The SMILES string of the molecule is Cc1ccc2c(CC(=O)Nc3cc(C(N)=O)ccc3N3CCCCC3)coc2c1C. The summed E-state index contributed by atoms with van der Waals surface area (Å²) in [4.78, 5) is 26.8. The summed E-state index contributed by atoms with van der Waals surface area (Å²) in [6.45, 7) is 5.93. The molecule has 0 unspecified atom stereocenters. The molecule has 2 aromatic carbocycles. The summed E-state index contributed by atoms with van der Waals surface area (Å²) in [5.74, 6) is -0.668. The van der Waals surface area contributed by atoms with Crippen molar-refractivity contribution in [1.29, 1.82) is 0 Å². The number of amides is 2. The number of aryl methyl sites for hydroxylation is 2. The number of fused-ring (bicyclic) bond motifs is 1. The van der Waals surface area contributed by atoms with E-state index in [0.717, 1.165) is 59.3 Å². The second-order valence-corrected chi connectivity index (χ2v) is 8.01. The minimum absolute atomic E-state index is 0.157. The number of nitrogens with one attached hydrogen (secondary N) is 1. The molecular formula is C24H27N3O3. The maximum Gasteiger partial charge on any atom is 0.248 e. The van der Waals surface area contributed by atoms with E-state index >= 15 is 0 Å². The molecule has 0 bridgehead atoms. The number of anilines is 2. The van der Waals surface area contributed by atoms with Gasteiger partial charge in [-0.25, -0.2) is 0 Å². The lowest BCUT2D eigenvalue weighted by Gasteiger charge is -2.30. The number of primary amides is 1. The number of benzene rings is 2. The molecule has 6 nitrogen and oxygen atoms in total. The highest BCUT2D eigenvalue weighted by Gasteiger charge is 2.19. The van der Waals surface area contributed by atoms with E-state index in [1.165, 1.54) is 6.42 Å². The standard InChI is InChI=1S/C24H27N3O3/c1-15-6-8-19-18(14-30-23(19)16(15)2)13-22(28)26-20-12-17(24(25)29)7-9-21(20)27-10-4-3-5-11-27/h6-9,12,14H,3-5,10-11,13H2,1-2H3,(H2,25,29)(H,26,28). The maximum atomic E-state index is 12.9. The van der Waals surface area contributed by atoms with Crippen molar-refractivity contribution < 1.29 is 14.0 Å². The Kier molecular flexibility index (Phi) is 5.48. The van der Waals surface area contributed by atoms with Crippen molar-refractivity contribution in [3.63, 3.8) is 0 Å². The van der Waals surface area contributed by atoms with Crippen LogP contribution >= 0.6 is 0 Å². The van der Waals surface area contributed by atoms with Gasteiger partial charge in [-0.1, -0.05) is 12.1 Å². The van der Waals surface area contributed by atoms with Gasteiger partial charge in [0.1, 0.15) is 5.58 Å². The van der Waals surface area contributed by atoms with Gasteiger partial charge >= 0.3 is 0 Å². The van der Waals surface area contributed by atoms with Gasteiger partial charge in [-0.05, 0) is 62.4 Å².